The van der Waals surface area contributed by atoms with E-state index in [0.29, 0.717) is 0 Å². The van der Waals surface area contributed by atoms with Crippen molar-refractivity contribution in [2.45, 2.75) is 70.4 Å². The first-order valence-electron chi connectivity index (χ1n) is 14.9. The molecule has 11 heteroatoms. The predicted octanol–water partition coefficient (Wildman–Crippen LogP) is 2.83. The molecule has 0 bridgehead atoms. The number of nitrogens with zero attached hydrogens (tertiary/aromatic N) is 1. The summed E-state index contributed by atoms with van der Waals surface area (Å²) in [6, 6.07) is 24.6. The van der Waals surface area contributed by atoms with Gasteiger partial charge in [-0.15, -0.1) is 0 Å². The minimum Gasteiger partial charge on any atom is -0.389 e. The Labute approximate surface area is 264 Å². The van der Waals surface area contributed by atoms with E-state index in [1.807, 2.05) is 112 Å². The average molecular weight is 617 g/mol. The number of hydrogen-bond donors (Lipinski definition) is 6. The zero-order valence-corrected chi connectivity index (χ0v) is 26.0. The van der Waals surface area contributed by atoms with Crippen molar-refractivity contribution in [2.24, 2.45) is 5.73 Å². The highest BCUT2D eigenvalue weighted by Gasteiger charge is 2.31. The maximum Gasteiger partial charge on any atom is 0.318 e. The van der Waals surface area contributed by atoms with Crippen LogP contribution in [0.1, 0.15) is 43.9 Å². The summed E-state index contributed by atoms with van der Waals surface area (Å²) >= 11 is 0. The summed E-state index contributed by atoms with van der Waals surface area (Å²) < 4.78 is 0. The van der Waals surface area contributed by atoms with E-state index in [1.165, 1.54) is 4.90 Å². The number of amides is 6. The molecule has 0 spiro atoms. The molecule has 3 aromatic carbocycles. The molecule has 0 radical (unpaired) electrons. The second kappa shape index (κ2) is 16.8. The van der Waals surface area contributed by atoms with Gasteiger partial charge in [-0.3, -0.25) is 9.59 Å². The third-order valence-electron chi connectivity index (χ3n) is 6.81. The third-order valence-corrected chi connectivity index (χ3v) is 6.81. The lowest BCUT2D eigenvalue weighted by Gasteiger charge is -2.33. The number of carbonyl (C=O) groups excluding carboxylic acids is 4. The van der Waals surface area contributed by atoms with Crippen LogP contribution in [0.25, 0.3) is 0 Å². The zero-order chi connectivity index (χ0) is 32.8. The first-order chi connectivity index (χ1) is 21.4. The van der Waals surface area contributed by atoms with Crippen LogP contribution in [0.4, 0.5) is 9.59 Å². The van der Waals surface area contributed by atoms with Crippen molar-refractivity contribution < 1.29 is 24.3 Å². The smallest absolute Gasteiger partial charge is 0.318 e. The summed E-state index contributed by atoms with van der Waals surface area (Å²) in [7, 11) is 0. The number of nitrogens with one attached hydrogen (secondary N) is 4. The number of primary amides is 1. The summed E-state index contributed by atoms with van der Waals surface area (Å²) in [5.74, 6) is -1.48. The van der Waals surface area contributed by atoms with Gasteiger partial charge in [-0.25, -0.2) is 9.59 Å². The fraction of sp³-hybridized carbons (Fsp3) is 0.353. The molecule has 11 nitrogen and oxygen atoms in total. The molecule has 240 valence electrons. The Kier molecular flexibility index (Phi) is 12.9. The number of aliphatic hydroxyl groups excluding tert-OH is 1. The molecule has 0 saturated carbocycles. The normalized spacial score (nSPS) is 13.1. The SMILES string of the molecule is CC(C)(C)NC(=O)N(Cc1ccccc1)CC(O)C(Cc1ccccc1)NC(=O)C(CC(N)=O)NC(=O)NCc1ccccc1. The predicted molar refractivity (Wildman–Crippen MR) is 173 cm³/mol. The Morgan fingerprint density at radius 3 is 1.87 bits per heavy atom. The van der Waals surface area contributed by atoms with Crippen LogP contribution < -0.4 is 27.0 Å². The molecule has 7 N–H and O–H groups in total. The van der Waals surface area contributed by atoms with Crippen LogP contribution in [0.5, 0.6) is 0 Å². The van der Waals surface area contributed by atoms with Crippen molar-refractivity contribution in [1.82, 2.24) is 26.2 Å². The number of hydrogen-bond acceptors (Lipinski definition) is 5. The van der Waals surface area contributed by atoms with Gasteiger partial charge in [-0.05, 0) is 43.9 Å². The molecule has 3 atom stereocenters. The molecule has 0 aromatic heterocycles. The van der Waals surface area contributed by atoms with Crippen LogP contribution in [0.15, 0.2) is 91.0 Å². The van der Waals surface area contributed by atoms with Gasteiger partial charge in [0.1, 0.15) is 6.04 Å². The molecule has 3 rings (SSSR count). The van der Waals surface area contributed by atoms with Gasteiger partial charge in [-0.1, -0.05) is 91.0 Å². The molecule has 6 amide bonds. The molecule has 0 fully saturated rings. The van der Waals surface area contributed by atoms with Crippen LogP contribution >= 0.6 is 0 Å². The number of urea groups is 2. The van der Waals surface area contributed by atoms with Gasteiger partial charge >= 0.3 is 12.1 Å². The fourth-order valence-corrected chi connectivity index (χ4v) is 4.61. The number of aliphatic hydroxyl groups is 1. The highest BCUT2D eigenvalue weighted by Crippen LogP contribution is 2.13. The molecule has 0 saturated heterocycles. The standard InChI is InChI=1S/C34H44N6O5/c1-34(2,3)39-33(45)40(22-26-17-11-6-12-18-26)23-29(41)27(19-24-13-7-4-8-14-24)37-31(43)28(20-30(35)42)38-32(44)36-21-25-15-9-5-10-16-25/h4-18,27-29,41H,19-23H2,1-3H3,(H2,35,42)(H,37,43)(H,39,45)(H2,36,38,44). The molecular formula is C34H44N6O5. The first-order valence-corrected chi connectivity index (χ1v) is 14.9. The highest BCUT2D eigenvalue weighted by atomic mass is 16.3. The van der Waals surface area contributed by atoms with E-state index in [4.69, 9.17) is 5.73 Å². The lowest BCUT2D eigenvalue weighted by molar-refractivity contribution is -0.128. The van der Waals surface area contributed by atoms with Gasteiger partial charge < -0.3 is 37.0 Å². The Balaban J connectivity index is 1.79. The molecule has 45 heavy (non-hydrogen) atoms. The van der Waals surface area contributed by atoms with Crippen LogP contribution in [-0.4, -0.2) is 64.2 Å². The minimum atomic E-state index is -1.30. The van der Waals surface area contributed by atoms with Crippen molar-refractivity contribution in [3.05, 3.63) is 108 Å². The monoisotopic (exact) mass is 616 g/mol. The quantitative estimate of drug-likeness (QED) is 0.164. The molecule has 0 aliphatic rings. The van der Waals surface area contributed by atoms with Gasteiger partial charge in [0.15, 0.2) is 0 Å². The summed E-state index contributed by atoms with van der Waals surface area (Å²) in [5, 5.41) is 22.5. The Morgan fingerprint density at radius 1 is 0.800 bits per heavy atom. The first kappa shape index (κ1) is 34.6. The second-order valence-electron chi connectivity index (χ2n) is 12.0. The van der Waals surface area contributed by atoms with Crippen molar-refractivity contribution in [2.75, 3.05) is 6.54 Å². The molecule has 0 heterocycles. The van der Waals surface area contributed by atoms with Crippen molar-refractivity contribution in [3.8, 4) is 0 Å². The van der Waals surface area contributed by atoms with E-state index < -0.39 is 48.0 Å². The van der Waals surface area contributed by atoms with Crippen molar-refractivity contribution >= 4 is 23.9 Å². The molecule has 3 aromatic rings. The molecular weight excluding hydrogens is 572 g/mol. The van der Waals surface area contributed by atoms with Crippen LogP contribution in [-0.2, 0) is 29.1 Å². The number of benzene rings is 3. The van der Waals surface area contributed by atoms with Gasteiger partial charge in [0.05, 0.1) is 25.1 Å². The Bertz CT molecular complexity index is 1380. The second-order valence-corrected chi connectivity index (χ2v) is 12.0. The summed E-state index contributed by atoms with van der Waals surface area (Å²) in [6.45, 7) is 5.91. The van der Waals surface area contributed by atoms with Crippen molar-refractivity contribution in [1.29, 1.82) is 0 Å². The Morgan fingerprint density at radius 2 is 1.33 bits per heavy atom. The maximum absolute atomic E-state index is 13.5. The third kappa shape index (κ3) is 12.7. The molecule has 0 aliphatic carbocycles. The van der Waals surface area contributed by atoms with E-state index in [9.17, 15) is 24.3 Å². The van der Waals surface area contributed by atoms with Gasteiger partial charge in [0.25, 0.3) is 0 Å². The van der Waals surface area contributed by atoms with E-state index in [0.717, 1.165) is 16.7 Å². The van der Waals surface area contributed by atoms with Gasteiger partial charge in [0, 0.05) is 18.6 Å². The molecule has 0 aliphatic heterocycles. The van der Waals surface area contributed by atoms with E-state index in [1.54, 1.807) is 0 Å². The zero-order valence-electron chi connectivity index (χ0n) is 26.0. The summed E-state index contributed by atoms with van der Waals surface area (Å²) in [5.41, 5.74) is 7.44. The lowest BCUT2D eigenvalue weighted by Crippen LogP contribution is -2.58. The summed E-state index contributed by atoms with van der Waals surface area (Å²) in [4.78, 5) is 52.9. The number of nitrogens with two attached hydrogens (primary N) is 1. The number of carbonyl (C=O) groups is 4. The van der Waals surface area contributed by atoms with E-state index in [2.05, 4.69) is 21.3 Å². The fourth-order valence-electron chi connectivity index (χ4n) is 4.61. The van der Waals surface area contributed by atoms with Crippen LogP contribution in [0.2, 0.25) is 0 Å². The van der Waals surface area contributed by atoms with Gasteiger partial charge in [-0.2, -0.15) is 0 Å². The minimum absolute atomic E-state index is 0.111. The van der Waals surface area contributed by atoms with Gasteiger partial charge in [0.2, 0.25) is 11.8 Å². The summed E-state index contributed by atoms with van der Waals surface area (Å²) in [6.07, 6.45) is -1.45. The van der Waals surface area contributed by atoms with Crippen LogP contribution in [0.3, 0.4) is 0 Å². The highest BCUT2D eigenvalue weighted by molar-refractivity contribution is 5.91. The lowest BCUT2D eigenvalue weighted by atomic mass is 9.99. The average Bonchev–Trinajstić information content (AvgIpc) is 2.99. The van der Waals surface area contributed by atoms with E-state index >= 15 is 0 Å². The Hall–Kier alpha value is -4.90. The van der Waals surface area contributed by atoms with Crippen LogP contribution in [0, 0.1) is 0 Å². The van der Waals surface area contributed by atoms with E-state index in [-0.39, 0.29) is 32.1 Å². The van der Waals surface area contributed by atoms with Crippen molar-refractivity contribution in [3.63, 3.8) is 0 Å². The largest absolute Gasteiger partial charge is 0.389 e. The maximum atomic E-state index is 13.5. The molecule has 3 unspecified atom stereocenters. The number of rotatable bonds is 14. The topological polar surface area (TPSA) is 166 Å².